The van der Waals surface area contributed by atoms with Gasteiger partial charge in [0.15, 0.2) is 0 Å². The average molecular weight is 272 g/mol. The molecule has 0 spiro atoms. The summed E-state index contributed by atoms with van der Waals surface area (Å²) in [5.41, 5.74) is 2.57. The smallest absolute Gasteiger partial charge is 0.241 e. The van der Waals surface area contributed by atoms with Crippen LogP contribution in [0.15, 0.2) is 24.3 Å². The molecule has 2 fully saturated rings. The summed E-state index contributed by atoms with van der Waals surface area (Å²) >= 11 is 0. The Balaban J connectivity index is 1.86. The highest BCUT2D eigenvalue weighted by Crippen LogP contribution is 2.35. The zero-order valence-electron chi connectivity index (χ0n) is 12.4. The lowest BCUT2D eigenvalue weighted by molar-refractivity contribution is -0.134. The van der Waals surface area contributed by atoms with Crippen LogP contribution in [0.4, 0.5) is 0 Å². The van der Waals surface area contributed by atoms with Gasteiger partial charge < -0.3 is 4.90 Å². The number of carbonyl (C=O) groups is 1. The number of hydrogen-bond acceptors (Lipinski definition) is 2. The van der Waals surface area contributed by atoms with Gasteiger partial charge in [-0.15, -0.1) is 0 Å². The summed E-state index contributed by atoms with van der Waals surface area (Å²) < 4.78 is 0. The van der Waals surface area contributed by atoms with Gasteiger partial charge >= 0.3 is 0 Å². The van der Waals surface area contributed by atoms with Crippen LogP contribution in [0.5, 0.6) is 0 Å². The number of aryl methyl sites for hydroxylation is 1. The molecule has 0 aromatic heterocycles. The predicted octanol–water partition coefficient (Wildman–Crippen LogP) is 3.01. The zero-order valence-corrected chi connectivity index (χ0v) is 12.4. The lowest BCUT2D eigenvalue weighted by Gasteiger charge is -2.38. The molecule has 3 heteroatoms. The average Bonchev–Trinajstić information content (AvgIpc) is 2.75. The maximum atomic E-state index is 12.5. The summed E-state index contributed by atoms with van der Waals surface area (Å²) in [5, 5.41) is 3.52. The molecule has 1 heterocycles. The van der Waals surface area contributed by atoms with Gasteiger partial charge in [0.2, 0.25) is 5.91 Å². The van der Waals surface area contributed by atoms with Gasteiger partial charge in [-0.25, -0.2) is 0 Å². The second-order valence-corrected chi connectivity index (χ2v) is 5.96. The van der Waals surface area contributed by atoms with Crippen molar-refractivity contribution >= 4 is 5.91 Å². The van der Waals surface area contributed by atoms with Gasteiger partial charge in [-0.3, -0.25) is 10.1 Å². The molecule has 1 amide bonds. The van der Waals surface area contributed by atoms with E-state index in [4.69, 9.17) is 0 Å². The molecule has 20 heavy (non-hydrogen) atoms. The van der Waals surface area contributed by atoms with E-state index in [1.165, 1.54) is 17.5 Å². The van der Waals surface area contributed by atoms with Crippen molar-refractivity contribution in [3.8, 4) is 0 Å². The summed E-state index contributed by atoms with van der Waals surface area (Å²) in [6.07, 6.45) is 5.57. The van der Waals surface area contributed by atoms with E-state index in [-0.39, 0.29) is 12.2 Å². The third-order valence-electron chi connectivity index (χ3n) is 4.77. The van der Waals surface area contributed by atoms with E-state index >= 15 is 0 Å². The lowest BCUT2D eigenvalue weighted by Crippen LogP contribution is -2.44. The van der Waals surface area contributed by atoms with E-state index in [1.807, 2.05) is 0 Å². The second-order valence-electron chi connectivity index (χ2n) is 5.96. The summed E-state index contributed by atoms with van der Waals surface area (Å²) in [6.45, 7) is 4.25. The third-order valence-corrected chi connectivity index (χ3v) is 4.77. The Morgan fingerprint density at radius 1 is 1.20 bits per heavy atom. The molecule has 108 valence electrons. The van der Waals surface area contributed by atoms with Crippen LogP contribution < -0.4 is 5.32 Å². The zero-order chi connectivity index (χ0) is 14.1. The molecule has 0 bridgehead atoms. The minimum atomic E-state index is -0.00792. The number of hydrogen-bond donors (Lipinski definition) is 1. The number of rotatable bonds is 4. The fourth-order valence-electron chi connectivity index (χ4n) is 3.19. The first-order valence-electron chi connectivity index (χ1n) is 7.91. The first kappa shape index (κ1) is 13.6. The first-order chi connectivity index (χ1) is 9.74. The number of amides is 1. The van der Waals surface area contributed by atoms with Gasteiger partial charge in [0.05, 0.1) is 6.04 Å². The van der Waals surface area contributed by atoms with Crippen molar-refractivity contribution in [1.29, 1.82) is 0 Å². The third kappa shape index (κ3) is 2.24. The van der Waals surface area contributed by atoms with Crippen LogP contribution in [0.1, 0.15) is 56.8 Å². The molecule has 1 aromatic rings. The molecule has 1 aromatic carbocycles. The second kappa shape index (κ2) is 5.57. The molecule has 0 radical (unpaired) electrons. The number of carbonyl (C=O) groups excluding carboxylic acids is 1. The maximum absolute atomic E-state index is 12.5. The summed E-state index contributed by atoms with van der Waals surface area (Å²) in [4.78, 5) is 14.7. The number of benzene rings is 1. The lowest BCUT2D eigenvalue weighted by atomic mass is 9.90. The van der Waals surface area contributed by atoms with Gasteiger partial charge in [-0.1, -0.05) is 38.1 Å². The molecule has 2 atom stereocenters. The highest BCUT2D eigenvalue weighted by Gasteiger charge is 2.43. The fraction of sp³-hybridized carbons (Fsp3) is 0.588. The normalized spacial score (nSPS) is 26.9. The van der Waals surface area contributed by atoms with Crippen molar-refractivity contribution < 1.29 is 4.79 Å². The minimum Gasteiger partial charge on any atom is -0.319 e. The minimum absolute atomic E-state index is 0.00792. The van der Waals surface area contributed by atoms with Crippen molar-refractivity contribution in [3.63, 3.8) is 0 Å². The van der Waals surface area contributed by atoms with Crippen LogP contribution >= 0.6 is 0 Å². The molecular weight excluding hydrogens is 248 g/mol. The molecule has 1 saturated carbocycles. The molecule has 3 rings (SSSR count). The Morgan fingerprint density at radius 2 is 1.90 bits per heavy atom. The van der Waals surface area contributed by atoms with Gasteiger partial charge in [0.25, 0.3) is 0 Å². The van der Waals surface area contributed by atoms with E-state index in [0.717, 1.165) is 25.7 Å². The topological polar surface area (TPSA) is 32.3 Å². The largest absolute Gasteiger partial charge is 0.319 e. The quantitative estimate of drug-likeness (QED) is 0.914. The number of nitrogens with one attached hydrogen (secondary N) is 1. The van der Waals surface area contributed by atoms with E-state index in [2.05, 4.69) is 48.3 Å². The fourth-order valence-corrected chi connectivity index (χ4v) is 3.19. The van der Waals surface area contributed by atoms with E-state index < -0.39 is 0 Å². The molecule has 2 aliphatic rings. The predicted molar refractivity (Wildman–Crippen MR) is 80.3 cm³/mol. The van der Waals surface area contributed by atoms with Gasteiger partial charge in [0, 0.05) is 6.04 Å². The first-order valence-corrected chi connectivity index (χ1v) is 7.91. The van der Waals surface area contributed by atoms with Crippen LogP contribution in [0.2, 0.25) is 0 Å². The van der Waals surface area contributed by atoms with Crippen molar-refractivity contribution in [1.82, 2.24) is 10.2 Å². The summed E-state index contributed by atoms with van der Waals surface area (Å²) in [6, 6.07) is 9.15. The van der Waals surface area contributed by atoms with Crippen LogP contribution in [-0.2, 0) is 11.2 Å². The van der Waals surface area contributed by atoms with Crippen LogP contribution in [0.3, 0.4) is 0 Å². The van der Waals surface area contributed by atoms with Crippen molar-refractivity contribution in [2.24, 2.45) is 0 Å². The Labute approximate surface area is 121 Å². The monoisotopic (exact) mass is 272 g/mol. The van der Waals surface area contributed by atoms with E-state index in [0.29, 0.717) is 11.9 Å². The molecule has 1 saturated heterocycles. The van der Waals surface area contributed by atoms with E-state index in [9.17, 15) is 4.79 Å². The maximum Gasteiger partial charge on any atom is 0.241 e. The SMILES string of the molecule is CCc1ccc(C2NC(CC)C(=O)N2C2CCC2)cc1. The van der Waals surface area contributed by atoms with E-state index in [1.54, 1.807) is 0 Å². The Hall–Kier alpha value is -1.35. The summed E-state index contributed by atoms with van der Waals surface area (Å²) in [5.74, 6) is 0.293. The highest BCUT2D eigenvalue weighted by molar-refractivity contribution is 5.85. The standard InChI is InChI=1S/C17H24N2O/c1-3-12-8-10-13(11-9-12)16-18-15(4-2)17(20)19(16)14-6-5-7-14/h8-11,14-16,18H,3-7H2,1-2H3. The van der Waals surface area contributed by atoms with Crippen LogP contribution in [0.25, 0.3) is 0 Å². The molecule has 1 aliphatic carbocycles. The molecule has 1 aliphatic heterocycles. The molecular formula is C17H24N2O. The Bertz CT molecular complexity index is 478. The molecule has 1 N–H and O–H groups in total. The molecule has 3 nitrogen and oxygen atoms in total. The van der Waals surface area contributed by atoms with Crippen LogP contribution in [-0.4, -0.2) is 22.9 Å². The Morgan fingerprint density at radius 3 is 2.40 bits per heavy atom. The van der Waals surface area contributed by atoms with Crippen molar-refractivity contribution in [2.45, 2.75) is 64.2 Å². The highest BCUT2D eigenvalue weighted by atomic mass is 16.2. The number of nitrogens with zero attached hydrogens (tertiary/aromatic N) is 1. The van der Waals surface area contributed by atoms with Crippen molar-refractivity contribution in [3.05, 3.63) is 35.4 Å². The van der Waals surface area contributed by atoms with Gasteiger partial charge in [-0.2, -0.15) is 0 Å². The van der Waals surface area contributed by atoms with Crippen molar-refractivity contribution in [2.75, 3.05) is 0 Å². The van der Waals surface area contributed by atoms with Gasteiger partial charge in [0.1, 0.15) is 6.17 Å². The summed E-state index contributed by atoms with van der Waals surface area (Å²) in [7, 11) is 0. The van der Waals surface area contributed by atoms with Gasteiger partial charge in [-0.05, 0) is 43.2 Å². The Kier molecular flexibility index (Phi) is 3.79. The van der Waals surface area contributed by atoms with Crippen LogP contribution in [0, 0.1) is 0 Å². The molecule has 2 unspecified atom stereocenters.